The summed E-state index contributed by atoms with van der Waals surface area (Å²) in [5, 5.41) is 0.273. The number of nitrogens with one attached hydrogen (secondary N) is 1. The van der Waals surface area contributed by atoms with E-state index in [2.05, 4.69) is 9.88 Å². The number of benzene rings is 1. The molecular formula is C17H18FN3O2. The van der Waals surface area contributed by atoms with Crippen LogP contribution in [0.4, 0.5) is 4.39 Å². The van der Waals surface area contributed by atoms with Gasteiger partial charge in [-0.25, -0.2) is 9.18 Å². The molecule has 5 rings (SSSR count). The molecule has 1 aromatic heterocycles. The molecule has 1 aliphatic carbocycles. The Hall–Kier alpha value is -1.95. The van der Waals surface area contributed by atoms with E-state index in [-0.39, 0.29) is 22.8 Å². The molecule has 120 valence electrons. The minimum Gasteiger partial charge on any atom is -0.297 e. The number of hydrogen-bond donors (Lipinski definition) is 1. The van der Waals surface area contributed by atoms with Crippen LogP contribution in [0, 0.1) is 11.7 Å². The fourth-order valence-corrected chi connectivity index (χ4v) is 3.96. The van der Waals surface area contributed by atoms with Crippen molar-refractivity contribution in [3.05, 3.63) is 44.4 Å². The van der Waals surface area contributed by atoms with Crippen LogP contribution in [0.25, 0.3) is 10.9 Å². The van der Waals surface area contributed by atoms with E-state index in [1.165, 1.54) is 6.07 Å². The lowest BCUT2D eigenvalue weighted by Crippen LogP contribution is -2.31. The third-order valence-corrected chi connectivity index (χ3v) is 5.53. The highest BCUT2D eigenvalue weighted by atomic mass is 19.1. The number of aromatic amines is 1. The zero-order valence-corrected chi connectivity index (χ0v) is 12.7. The molecule has 3 atom stereocenters. The lowest BCUT2D eigenvalue weighted by atomic mass is 9.94. The Labute approximate surface area is 131 Å². The van der Waals surface area contributed by atoms with Crippen LogP contribution in [0.15, 0.2) is 21.7 Å². The molecule has 5 nitrogen and oxygen atoms in total. The van der Waals surface area contributed by atoms with Crippen LogP contribution in [0.5, 0.6) is 0 Å². The van der Waals surface area contributed by atoms with Crippen LogP contribution in [0.3, 0.4) is 0 Å². The summed E-state index contributed by atoms with van der Waals surface area (Å²) in [7, 11) is 0. The Morgan fingerprint density at radius 3 is 2.74 bits per heavy atom. The maximum Gasteiger partial charge on any atom is 0.328 e. The Morgan fingerprint density at radius 1 is 1.22 bits per heavy atom. The first-order valence-corrected chi connectivity index (χ1v) is 8.30. The molecule has 0 bridgehead atoms. The number of halogens is 1. The number of hydrogen-bond acceptors (Lipinski definition) is 3. The summed E-state index contributed by atoms with van der Waals surface area (Å²) >= 11 is 0. The minimum atomic E-state index is -0.500. The number of nitrogens with zero attached hydrogens (tertiary/aromatic N) is 2. The van der Waals surface area contributed by atoms with Crippen molar-refractivity contribution in [2.45, 2.75) is 37.8 Å². The lowest BCUT2D eigenvalue weighted by molar-refractivity contribution is 0.534. The first kappa shape index (κ1) is 13.5. The van der Waals surface area contributed by atoms with Gasteiger partial charge in [-0.15, -0.1) is 0 Å². The number of fused-ring (bicyclic) bond motifs is 2. The average Bonchev–Trinajstić information content (AvgIpc) is 3.44. The van der Waals surface area contributed by atoms with Crippen molar-refractivity contribution in [3.8, 4) is 0 Å². The molecule has 2 aromatic rings. The number of H-pyrrole nitrogens is 1. The van der Waals surface area contributed by atoms with Gasteiger partial charge in [0.15, 0.2) is 0 Å². The Bertz CT molecular complexity index is 918. The zero-order chi connectivity index (χ0) is 15.7. The maximum atomic E-state index is 14.5. The van der Waals surface area contributed by atoms with Crippen molar-refractivity contribution < 1.29 is 4.39 Å². The highest BCUT2D eigenvalue weighted by Crippen LogP contribution is 2.41. The SMILES string of the molecule is O=c1[nH]c(=O)n(CC2CC2)c2cc(C3CC4CN4C3)c(F)cc12. The van der Waals surface area contributed by atoms with Crippen molar-refractivity contribution in [2.24, 2.45) is 5.92 Å². The highest BCUT2D eigenvalue weighted by molar-refractivity contribution is 5.79. The Morgan fingerprint density at radius 2 is 2.04 bits per heavy atom. The smallest absolute Gasteiger partial charge is 0.297 e. The van der Waals surface area contributed by atoms with Gasteiger partial charge >= 0.3 is 5.69 Å². The molecule has 23 heavy (non-hydrogen) atoms. The van der Waals surface area contributed by atoms with Crippen molar-refractivity contribution in [1.29, 1.82) is 0 Å². The topological polar surface area (TPSA) is 57.9 Å². The number of rotatable bonds is 3. The fraction of sp³-hybridized carbons (Fsp3) is 0.529. The van der Waals surface area contributed by atoms with Crippen LogP contribution >= 0.6 is 0 Å². The van der Waals surface area contributed by atoms with Crippen LogP contribution in [-0.2, 0) is 6.54 Å². The van der Waals surface area contributed by atoms with E-state index in [0.717, 1.165) is 32.4 Å². The van der Waals surface area contributed by atoms with Gasteiger partial charge in [-0.05, 0) is 42.9 Å². The maximum absolute atomic E-state index is 14.5. The van der Waals surface area contributed by atoms with Gasteiger partial charge in [-0.2, -0.15) is 0 Å². The molecule has 6 heteroatoms. The number of aromatic nitrogens is 2. The van der Waals surface area contributed by atoms with Gasteiger partial charge in [0, 0.05) is 31.6 Å². The van der Waals surface area contributed by atoms with Gasteiger partial charge in [0.2, 0.25) is 0 Å². The second kappa shape index (κ2) is 4.54. The summed E-state index contributed by atoms with van der Waals surface area (Å²) in [6.45, 7) is 2.61. The van der Waals surface area contributed by atoms with Crippen molar-refractivity contribution in [3.63, 3.8) is 0 Å². The van der Waals surface area contributed by atoms with E-state index in [1.807, 2.05) is 0 Å². The highest BCUT2D eigenvalue weighted by Gasteiger charge is 2.44. The van der Waals surface area contributed by atoms with E-state index in [4.69, 9.17) is 0 Å². The summed E-state index contributed by atoms with van der Waals surface area (Å²) in [6, 6.07) is 3.66. The molecule has 1 aromatic carbocycles. The molecule has 0 radical (unpaired) electrons. The molecule has 3 heterocycles. The van der Waals surface area contributed by atoms with Gasteiger partial charge < -0.3 is 0 Å². The second-order valence-corrected chi connectivity index (χ2v) is 7.24. The van der Waals surface area contributed by atoms with Crippen LogP contribution in [-0.4, -0.2) is 33.6 Å². The van der Waals surface area contributed by atoms with Gasteiger partial charge in [0.1, 0.15) is 5.82 Å². The largest absolute Gasteiger partial charge is 0.328 e. The average molecular weight is 315 g/mol. The van der Waals surface area contributed by atoms with Crippen molar-refractivity contribution >= 4 is 10.9 Å². The van der Waals surface area contributed by atoms with Gasteiger partial charge in [-0.3, -0.25) is 19.2 Å². The van der Waals surface area contributed by atoms with Crippen LogP contribution in [0.1, 0.15) is 30.7 Å². The fourth-order valence-electron chi connectivity index (χ4n) is 3.96. The summed E-state index contributed by atoms with van der Waals surface area (Å²) < 4.78 is 16.2. The first-order chi connectivity index (χ1) is 11.1. The number of piperidine rings is 1. The second-order valence-electron chi connectivity index (χ2n) is 7.24. The summed E-state index contributed by atoms with van der Waals surface area (Å²) in [5.41, 5.74) is 0.349. The third-order valence-electron chi connectivity index (χ3n) is 5.53. The normalized spacial score (nSPS) is 29.0. The van der Waals surface area contributed by atoms with Gasteiger partial charge in [0.05, 0.1) is 10.9 Å². The first-order valence-electron chi connectivity index (χ1n) is 8.30. The van der Waals surface area contributed by atoms with Crippen LogP contribution < -0.4 is 11.2 Å². The molecule has 0 amide bonds. The molecule has 3 aliphatic rings. The Kier molecular flexibility index (Phi) is 2.66. The van der Waals surface area contributed by atoms with E-state index < -0.39 is 5.56 Å². The van der Waals surface area contributed by atoms with Gasteiger partial charge in [-0.1, -0.05) is 0 Å². The van der Waals surface area contributed by atoms with E-state index >= 15 is 0 Å². The molecule has 2 saturated heterocycles. The predicted molar refractivity (Wildman–Crippen MR) is 84.2 cm³/mol. The minimum absolute atomic E-state index is 0.168. The quantitative estimate of drug-likeness (QED) is 0.871. The molecule has 2 aliphatic heterocycles. The summed E-state index contributed by atoms with van der Waals surface area (Å²) in [5.74, 6) is 0.342. The van der Waals surface area contributed by atoms with Crippen molar-refractivity contribution in [1.82, 2.24) is 14.5 Å². The predicted octanol–water partition coefficient (Wildman–Crippen LogP) is 1.41. The van der Waals surface area contributed by atoms with E-state index in [9.17, 15) is 14.0 Å². The molecule has 0 spiro atoms. The standard InChI is InChI=1S/C17H18FN3O2/c18-14-4-13-15(5-12(14)10-3-11-8-20(11)7-10)21(6-9-1-2-9)17(23)19-16(13)22/h4-5,9-11H,1-3,6-8H2,(H,19,22,23). The van der Waals surface area contributed by atoms with Gasteiger partial charge in [0.25, 0.3) is 5.56 Å². The Balaban J connectivity index is 1.69. The monoisotopic (exact) mass is 315 g/mol. The molecule has 1 N–H and O–H groups in total. The molecular weight excluding hydrogens is 297 g/mol. The van der Waals surface area contributed by atoms with E-state index in [1.54, 1.807) is 10.6 Å². The molecule has 3 unspecified atom stereocenters. The zero-order valence-electron chi connectivity index (χ0n) is 12.7. The van der Waals surface area contributed by atoms with Crippen LogP contribution in [0.2, 0.25) is 0 Å². The van der Waals surface area contributed by atoms with Crippen molar-refractivity contribution in [2.75, 3.05) is 13.1 Å². The molecule has 1 saturated carbocycles. The lowest BCUT2D eigenvalue weighted by Gasteiger charge is -2.16. The molecule has 3 fully saturated rings. The summed E-state index contributed by atoms with van der Waals surface area (Å²) in [4.78, 5) is 28.9. The summed E-state index contributed by atoms with van der Waals surface area (Å²) in [6.07, 6.45) is 3.19. The van der Waals surface area contributed by atoms with E-state index in [0.29, 0.717) is 29.6 Å². The third kappa shape index (κ3) is 2.16.